The maximum atomic E-state index is 12.0. The summed E-state index contributed by atoms with van der Waals surface area (Å²) in [4.78, 5) is 27.4. The highest BCUT2D eigenvalue weighted by Gasteiger charge is 2.15. The summed E-state index contributed by atoms with van der Waals surface area (Å²) in [7, 11) is 1.45. The summed E-state index contributed by atoms with van der Waals surface area (Å²) < 4.78 is 6.38. The maximum Gasteiger partial charge on any atom is 0.322 e. The molecule has 112 valence electrons. The molecule has 0 aliphatic heterocycles. The van der Waals surface area contributed by atoms with Crippen LogP contribution in [-0.4, -0.2) is 30.9 Å². The zero-order chi connectivity index (χ0) is 15.7. The van der Waals surface area contributed by atoms with Gasteiger partial charge in [0.25, 0.3) is 17.4 Å². The standard InChI is InChI=1S/C12H10N6O3S/c1-6-13-8(5-22-6)11-15-16-12(21-11)14-10(20)7-3-4-9(19)18(2)17-7/h3-5H,1-2H3,(H,14,16,20). The number of carbonyl (C=O) groups excluding carboxylic acids is 1. The molecule has 0 radical (unpaired) electrons. The monoisotopic (exact) mass is 318 g/mol. The highest BCUT2D eigenvalue weighted by Crippen LogP contribution is 2.21. The average Bonchev–Trinajstić information content (AvgIpc) is 3.10. The Kier molecular flexibility index (Phi) is 3.51. The minimum Gasteiger partial charge on any atom is -0.401 e. The lowest BCUT2D eigenvalue weighted by molar-refractivity contribution is 0.101. The predicted octanol–water partition coefficient (Wildman–Crippen LogP) is 0.848. The summed E-state index contributed by atoms with van der Waals surface area (Å²) in [5.41, 5.74) is 0.303. The Balaban J connectivity index is 1.78. The Morgan fingerprint density at radius 2 is 2.18 bits per heavy atom. The smallest absolute Gasteiger partial charge is 0.322 e. The second kappa shape index (κ2) is 5.48. The van der Waals surface area contributed by atoms with Crippen molar-refractivity contribution in [3.8, 4) is 11.6 Å². The minimum absolute atomic E-state index is 0.0614. The summed E-state index contributed by atoms with van der Waals surface area (Å²) in [6.45, 7) is 1.86. The average molecular weight is 318 g/mol. The van der Waals surface area contributed by atoms with Gasteiger partial charge in [-0.25, -0.2) is 9.67 Å². The first-order valence-electron chi connectivity index (χ1n) is 6.14. The van der Waals surface area contributed by atoms with E-state index < -0.39 is 5.91 Å². The van der Waals surface area contributed by atoms with E-state index >= 15 is 0 Å². The van der Waals surface area contributed by atoms with Crippen LogP contribution in [0.25, 0.3) is 11.6 Å². The van der Waals surface area contributed by atoms with E-state index in [0.29, 0.717) is 5.69 Å². The number of amides is 1. The molecule has 9 nitrogen and oxygen atoms in total. The number of nitrogens with zero attached hydrogens (tertiary/aromatic N) is 5. The van der Waals surface area contributed by atoms with Gasteiger partial charge in [-0.3, -0.25) is 14.9 Å². The summed E-state index contributed by atoms with van der Waals surface area (Å²) in [5.74, 6) is -0.340. The van der Waals surface area contributed by atoms with Gasteiger partial charge in [-0.1, -0.05) is 5.10 Å². The van der Waals surface area contributed by atoms with Crippen LogP contribution in [-0.2, 0) is 7.05 Å². The molecule has 3 rings (SSSR count). The summed E-state index contributed by atoms with van der Waals surface area (Å²) in [6.07, 6.45) is 0. The molecule has 3 heterocycles. The Hall–Kier alpha value is -2.88. The molecular weight excluding hydrogens is 308 g/mol. The fraction of sp³-hybridized carbons (Fsp3) is 0.167. The fourth-order valence-corrected chi connectivity index (χ4v) is 2.21. The molecule has 0 fully saturated rings. The van der Waals surface area contributed by atoms with Crippen LogP contribution < -0.4 is 10.9 Å². The number of hydrogen-bond donors (Lipinski definition) is 1. The zero-order valence-electron chi connectivity index (χ0n) is 11.6. The molecule has 0 saturated heterocycles. The van der Waals surface area contributed by atoms with Gasteiger partial charge in [0.2, 0.25) is 0 Å². The first-order chi connectivity index (χ1) is 10.5. The SMILES string of the molecule is Cc1nc(-c2nnc(NC(=O)c3ccc(=O)n(C)n3)o2)cs1. The Bertz CT molecular complexity index is 896. The highest BCUT2D eigenvalue weighted by atomic mass is 32.1. The van der Waals surface area contributed by atoms with Gasteiger partial charge in [-0.05, 0) is 13.0 Å². The molecule has 3 aromatic heterocycles. The maximum absolute atomic E-state index is 12.0. The van der Waals surface area contributed by atoms with Crippen LogP contribution >= 0.6 is 11.3 Å². The van der Waals surface area contributed by atoms with Crippen LogP contribution in [0.5, 0.6) is 0 Å². The summed E-state index contributed by atoms with van der Waals surface area (Å²) in [5, 5.41) is 16.4. The van der Waals surface area contributed by atoms with E-state index in [0.717, 1.165) is 9.69 Å². The second-order valence-corrected chi connectivity index (χ2v) is 5.36. The number of aromatic nitrogens is 5. The minimum atomic E-state index is -0.555. The molecule has 0 aliphatic carbocycles. The van der Waals surface area contributed by atoms with Crippen molar-refractivity contribution in [1.82, 2.24) is 25.0 Å². The molecule has 3 aromatic rings. The van der Waals surface area contributed by atoms with Gasteiger partial charge >= 0.3 is 6.01 Å². The second-order valence-electron chi connectivity index (χ2n) is 4.30. The lowest BCUT2D eigenvalue weighted by atomic mass is 10.4. The Morgan fingerprint density at radius 3 is 2.86 bits per heavy atom. The van der Waals surface area contributed by atoms with E-state index in [2.05, 4.69) is 25.6 Å². The van der Waals surface area contributed by atoms with E-state index in [1.807, 2.05) is 6.92 Å². The molecular formula is C12H10N6O3S. The molecule has 0 bridgehead atoms. The third-order valence-corrected chi connectivity index (χ3v) is 3.45. The van der Waals surface area contributed by atoms with Gasteiger partial charge in [-0.15, -0.1) is 16.4 Å². The predicted molar refractivity (Wildman–Crippen MR) is 77.6 cm³/mol. The van der Waals surface area contributed by atoms with Crippen molar-refractivity contribution in [3.05, 3.63) is 38.6 Å². The van der Waals surface area contributed by atoms with Crippen LogP contribution in [0, 0.1) is 6.92 Å². The van der Waals surface area contributed by atoms with Crippen LogP contribution in [0.15, 0.2) is 26.7 Å². The van der Waals surface area contributed by atoms with Gasteiger partial charge in [0.1, 0.15) is 11.4 Å². The van der Waals surface area contributed by atoms with Crippen LogP contribution in [0.3, 0.4) is 0 Å². The van der Waals surface area contributed by atoms with E-state index in [-0.39, 0.29) is 23.2 Å². The molecule has 1 N–H and O–H groups in total. The topological polar surface area (TPSA) is 116 Å². The lowest BCUT2D eigenvalue weighted by Crippen LogP contribution is -2.23. The molecule has 0 unspecified atom stereocenters. The molecule has 22 heavy (non-hydrogen) atoms. The Labute approximate surface area is 127 Å². The van der Waals surface area contributed by atoms with Crippen molar-refractivity contribution in [2.45, 2.75) is 6.92 Å². The van der Waals surface area contributed by atoms with E-state index in [9.17, 15) is 9.59 Å². The first kappa shape index (κ1) is 14.1. The van der Waals surface area contributed by atoms with Crippen LogP contribution in [0.2, 0.25) is 0 Å². The number of aryl methyl sites for hydroxylation is 2. The first-order valence-corrected chi connectivity index (χ1v) is 7.02. The molecule has 0 spiro atoms. The largest absolute Gasteiger partial charge is 0.401 e. The Morgan fingerprint density at radius 1 is 1.36 bits per heavy atom. The van der Waals surface area contributed by atoms with Gasteiger partial charge < -0.3 is 4.42 Å². The fourth-order valence-electron chi connectivity index (χ4n) is 1.62. The zero-order valence-corrected chi connectivity index (χ0v) is 12.4. The molecule has 0 aliphatic rings. The van der Waals surface area contributed by atoms with Crippen LogP contribution in [0.1, 0.15) is 15.5 Å². The quantitative estimate of drug-likeness (QED) is 0.761. The third-order valence-electron chi connectivity index (χ3n) is 2.68. The normalized spacial score (nSPS) is 10.6. The number of nitrogens with one attached hydrogen (secondary N) is 1. The number of carbonyl (C=O) groups is 1. The van der Waals surface area contributed by atoms with Crippen molar-refractivity contribution in [2.75, 3.05) is 5.32 Å². The van der Waals surface area contributed by atoms with Gasteiger partial charge in [-0.2, -0.15) is 5.10 Å². The number of anilines is 1. The summed E-state index contributed by atoms with van der Waals surface area (Å²) >= 11 is 1.45. The number of thiazole rings is 1. The van der Waals surface area contributed by atoms with Crippen molar-refractivity contribution < 1.29 is 9.21 Å². The van der Waals surface area contributed by atoms with Crippen molar-refractivity contribution in [3.63, 3.8) is 0 Å². The molecule has 0 aromatic carbocycles. The molecule has 0 saturated carbocycles. The third kappa shape index (κ3) is 2.76. The van der Waals surface area contributed by atoms with Gasteiger partial charge in [0.05, 0.1) is 5.01 Å². The lowest BCUT2D eigenvalue weighted by Gasteiger charge is -2.01. The number of rotatable bonds is 3. The van der Waals surface area contributed by atoms with Crippen molar-refractivity contribution >= 4 is 23.3 Å². The molecule has 0 atom stereocenters. The van der Waals surface area contributed by atoms with E-state index in [1.54, 1.807) is 5.38 Å². The van der Waals surface area contributed by atoms with Crippen molar-refractivity contribution in [1.29, 1.82) is 0 Å². The highest BCUT2D eigenvalue weighted by molar-refractivity contribution is 7.09. The van der Waals surface area contributed by atoms with Crippen LogP contribution in [0.4, 0.5) is 6.01 Å². The van der Waals surface area contributed by atoms with Crippen molar-refractivity contribution in [2.24, 2.45) is 7.05 Å². The van der Waals surface area contributed by atoms with Gasteiger partial charge in [0.15, 0.2) is 0 Å². The molecule has 10 heteroatoms. The van der Waals surface area contributed by atoms with Gasteiger partial charge in [0, 0.05) is 18.5 Å². The van der Waals surface area contributed by atoms with E-state index in [4.69, 9.17) is 4.42 Å². The number of hydrogen-bond acceptors (Lipinski definition) is 8. The van der Waals surface area contributed by atoms with E-state index in [1.165, 1.54) is 30.5 Å². The summed E-state index contributed by atoms with van der Waals surface area (Å²) in [6, 6.07) is 2.50. The molecule has 1 amide bonds.